The number of ether oxygens (including phenoxy) is 1. The van der Waals surface area contributed by atoms with Crippen LogP contribution >= 0.6 is 11.3 Å². The number of aryl methyl sites for hydroxylation is 2. The van der Waals surface area contributed by atoms with Gasteiger partial charge in [0.15, 0.2) is 0 Å². The number of thiophene rings is 1. The van der Waals surface area contributed by atoms with E-state index in [0.29, 0.717) is 12.4 Å². The Balaban J connectivity index is 1.80. The molecule has 0 aliphatic carbocycles. The predicted molar refractivity (Wildman–Crippen MR) is 80.4 cm³/mol. The summed E-state index contributed by atoms with van der Waals surface area (Å²) < 4.78 is 5.82. The molecule has 5 nitrogen and oxygen atoms in total. The molecule has 2 aromatic rings. The van der Waals surface area contributed by atoms with Crippen molar-refractivity contribution >= 4 is 21.6 Å². The SMILES string of the molecule is Cc1sc2nc(CO[C@H]3CCCNC3)[nH]c(=O)c2c1C. The standard InChI is InChI=1S/C14H19N3O2S/c1-8-9(2)20-14-12(8)13(18)16-11(17-14)7-19-10-4-3-5-15-6-10/h10,15H,3-7H2,1-2H3,(H,16,17,18)/t10-/m0/s1. The highest BCUT2D eigenvalue weighted by Gasteiger charge is 2.15. The van der Waals surface area contributed by atoms with E-state index >= 15 is 0 Å². The minimum Gasteiger partial charge on any atom is -0.369 e. The van der Waals surface area contributed by atoms with Crippen LogP contribution in [-0.2, 0) is 11.3 Å². The lowest BCUT2D eigenvalue weighted by atomic mass is 10.1. The number of nitrogens with zero attached hydrogens (tertiary/aromatic N) is 1. The highest BCUT2D eigenvalue weighted by atomic mass is 32.1. The van der Waals surface area contributed by atoms with E-state index in [-0.39, 0.29) is 11.7 Å². The largest absolute Gasteiger partial charge is 0.369 e. The monoisotopic (exact) mass is 293 g/mol. The Morgan fingerprint density at radius 3 is 3.05 bits per heavy atom. The van der Waals surface area contributed by atoms with Gasteiger partial charge < -0.3 is 15.0 Å². The third-order valence-electron chi connectivity index (χ3n) is 3.80. The zero-order chi connectivity index (χ0) is 14.1. The van der Waals surface area contributed by atoms with E-state index in [2.05, 4.69) is 15.3 Å². The Hall–Kier alpha value is -1.24. The number of fused-ring (bicyclic) bond motifs is 1. The normalized spacial score (nSPS) is 19.6. The summed E-state index contributed by atoms with van der Waals surface area (Å²) in [6, 6.07) is 0. The van der Waals surface area contributed by atoms with Gasteiger partial charge in [-0.2, -0.15) is 0 Å². The molecule has 6 heteroatoms. The van der Waals surface area contributed by atoms with Gasteiger partial charge in [-0.1, -0.05) is 0 Å². The summed E-state index contributed by atoms with van der Waals surface area (Å²) in [6.07, 6.45) is 2.42. The van der Waals surface area contributed by atoms with Crippen molar-refractivity contribution in [3.63, 3.8) is 0 Å². The van der Waals surface area contributed by atoms with Crippen LogP contribution in [0, 0.1) is 13.8 Å². The zero-order valence-corrected chi connectivity index (χ0v) is 12.6. The van der Waals surface area contributed by atoms with Crippen LogP contribution in [0.15, 0.2) is 4.79 Å². The maximum atomic E-state index is 12.1. The van der Waals surface area contributed by atoms with Crippen LogP contribution in [0.3, 0.4) is 0 Å². The molecule has 1 saturated heterocycles. The molecule has 2 aromatic heterocycles. The zero-order valence-electron chi connectivity index (χ0n) is 11.8. The number of rotatable bonds is 3. The van der Waals surface area contributed by atoms with Gasteiger partial charge in [-0.05, 0) is 38.8 Å². The lowest BCUT2D eigenvalue weighted by Crippen LogP contribution is -2.35. The smallest absolute Gasteiger partial charge is 0.259 e. The number of aromatic amines is 1. The van der Waals surface area contributed by atoms with Crippen molar-refractivity contribution < 1.29 is 4.74 Å². The lowest BCUT2D eigenvalue weighted by Gasteiger charge is -2.22. The quantitative estimate of drug-likeness (QED) is 0.906. The molecular weight excluding hydrogens is 274 g/mol. The molecule has 1 aliphatic heterocycles. The molecule has 0 amide bonds. The number of hydrogen-bond donors (Lipinski definition) is 2. The molecule has 1 atom stereocenters. The Kier molecular flexibility index (Phi) is 3.87. The van der Waals surface area contributed by atoms with Gasteiger partial charge in [-0.15, -0.1) is 11.3 Å². The van der Waals surface area contributed by atoms with Gasteiger partial charge >= 0.3 is 0 Å². The van der Waals surface area contributed by atoms with E-state index in [0.717, 1.165) is 46.6 Å². The van der Waals surface area contributed by atoms with Crippen LogP contribution in [0.25, 0.3) is 10.2 Å². The van der Waals surface area contributed by atoms with Crippen molar-refractivity contribution in [2.24, 2.45) is 0 Å². The summed E-state index contributed by atoms with van der Waals surface area (Å²) in [5.41, 5.74) is 0.972. The van der Waals surface area contributed by atoms with Gasteiger partial charge in [-0.3, -0.25) is 4.79 Å². The average Bonchev–Trinajstić information content (AvgIpc) is 2.73. The summed E-state index contributed by atoms with van der Waals surface area (Å²) in [6.45, 7) is 6.30. The third-order valence-corrected chi connectivity index (χ3v) is 4.90. The fourth-order valence-corrected chi connectivity index (χ4v) is 3.58. The number of H-pyrrole nitrogens is 1. The topological polar surface area (TPSA) is 67.0 Å². The Bertz CT molecular complexity index is 671. The first-order chi connectivity index (χ1) is 9.65. The second-order valence-electron chi connectivity index (χ2n) is 5.26. The van der Waals surface area contributed by atoms with Crippen LogP contribution in [-0.4, -0.2) is 29.2 Å². The van der Waals surface area contributed by atoms with E-state index in [1.165, 1.54) is 0 Å². The summed E-state index contributed by atoms with van der Waals surface area (Å²) >= 11 is 1.57. The summed E-state index contributed by atoms with van der Waals surface area (Å²) in [5, 5.41) is 4.03. The van der Waals surface area contributed by atoms with Crippen molar-refractivity contribution in [3.05, 3.63) is 26.6 Å². The molecular formula is C14H19N3O2S. The van der Waals surface area contributed by atoms with Gasteiger partial charge in [-0.25, -0.2) is 4.98 Å². The molecule has 0 saturated carbocycles. The van der Waals surface area contributed by atoms with E-state index in [1.807, 2.05) is 13.8 Å². The molecule has 20 heavy (non-hydrogen) atoms. The highest BCUT2D eigenvalue weighted by Crippen LogP contribution is 2.25. The molecule has 0 bridgehead atoms. The first kappa shape index (κ1) is 13.7. The molecule has 1 aliphatic rings. The molecule has 2 N–H and O–H groups in total. The van der Waals surface area contributed by atoms with Gasteiger partial charge in [0.05, 0.1) is 11.5 Å². The summed E-state index contributed by atoms with van der Waals surface area (Å²) in [7, 11) is 0. The van der Waals surface area contributed by atoms with Crippen molar-refractivity contribution in [2.45, 2.75) is 39.4 Å². The summed E-state index contributed by atoms with van der Waals surface area (Å²) in [5.74, 6) is 0.620. The van der Waals surface area contributed by atoms with Gasteiger partial charge in [0.2, 0.25) is 0 Å². The van der Waals surface area contributed by atoms with Crippen LogP contribution in [0.5, 0.6) is 0 Å². The number of hydrogen-bond acceptors (Lipinski definition) is 5. The molecule has 108 valence electrons. The number of nitrogens with one attached hydrogen (secondary N) is 2. The van der Waals surface area contributed by atoms with Crippen molar-refractivity contribution in [1.82, 2.24) is 15.3 Å². The Morgan fingerprint density at radius 1 is 1.45 bits per heavy atom. The predicted octanol–water partition coefficient (Wildman–Crippen LogP) is 1.87. The minimum atomic E-state index is -0.0581. The van der Waals surface area contributed by atoms with Gasteiger partial charge in [0.25, 0.3) is 5.56 Å². The second-order valence-corrected chi connectivity index (χ2v) is 6.46. The highest BCUT2D eigenvalue weighted by molar-refractivity contribution is 7.18. The second kappa shape index (κ2) is 5.63. The van der Waals surface area contributed by atoms with Crippen LogP contribution < -0.4 is 10.9 Å². The van der Waals surface area contributed by atoms with E-state index in [1.54, 1.807) is 11.3 Å². The minimum absolute atomic E-state index is 0.0581. The van der Waals surface area contributed by atoms with E-state index in [9.17, 15) is 4.79 Å². The fraction of sp³-hybridized carbons (Fsp3) is 0.571. The third kappa shape index (κ3) is 2.63. The first-order valence-corrected chi connectivity index (χ1v) is 7.78. The Labute approximate surface area is 121 Å². The fourth-order valence-electron chi connectivity index (χ4n) is 2.53. The number of piperidine rings is 1. The van der Waals surface area contributed by atoms with Gasteiger partial charge in [0.1, 0.15) is 17.3 Å². The first-order valence-electron chi connectivity index (χ1n) is 6.96. The molecule has 0 unspecified atom stereocenters. The van der Waals surface area contributed by atoms with E-state index in [4.69, 9.17) is 4.74 Å². The summed E-state index contributed by atoms with van der Waals surface area (Å²) in [4.78, 5) is 21.4. The molecule has 0 spiro atoms. The van der Waals surface area contributed by atoms with Crippen LogP contribution in [0.1, 0.15) is 29.1 Å². The van der Waals surface area contributed by atoms with Crippen molar-refractivity contribution in [1.29, 1.82) is 0 Å². The van der Waals surface area contributed by atoms with E-state index < -0.39 is 0 Å². The molecule has 0 radical (unpaired) electrons. The maximum absolute atomic E-state index is 12.1. The van der Waals surface area contributed by atoms with Gasteiger partial charge in [0, 0.05) is 11.4 Å². The molecule has 1 fully saturated rings. The van der Waals surface area contributed by atoms with Crippen LogP contribution in [0.4, 0.5) is 0 Å². The number of aromatic nitrogens is 2. The molecule has 3 heterocycles. The Morgan fingerprint density at radius 2 is 2.30 bits per heavy atom. The average molecular weight is 293 g/mol. The molecule has 3 rings (SSSR count). The molecule has 0 aromatic carbocycles. The lowest BCUT2D eigenvalue weighted by molar-refractivity contribution is 0.0219. The van der Waals surface area contributed by atoms with Crippen LogP contribution in [0.2, 0.25) is 0 Å². The van der Waals surface area contributed by atoms with Crippen molar-refractivity contribution in [2.75, 3.05) is 13.1 Å². The van der Waals surface area contributed by atoms with Crippen molar-refractivity contribution in [3.8, 4) is 0 Å². The maximum Gasteiger partial charge on any atom is 0.259 e.